The first-order chi connectivity index (χ1) is 19.3. The van der Waals surface area contributed by atoms with E-state index < -0.39 is 39.5 Å². The molecule has 4 aromatic rings. The number of rotatable bonds is 8. The van der Waals surface area contributed by atoms with Gasteiger partial charge in [-0.3, -0.25) is 4.79 Å². The first-order valence-electron chi connectivity index (χ1n) is 13.1. The molecule has 1 atom stereocenters. The van der Waals surface area contributed by atoms with Gasteiger partial charge in [-0.1, -0.05) is 38.1 Å². The molecule has 0 saturated carbocycles. The maximum absolute atomic E-state index is 15.3. The lowest BCUT2D eigenvalue weighted by molar-refractivity contribution is -0.118. The van der Waals surface area contributed by atoms with Crippen molar-refractivity contribution in [2.24, 2.45) is 5.92 Å². The van der Waals surface area contributed by atoms with Crippen LogP contribution in [0.4, 0.5) is 14.9 Å². The Hall–Kier alpha value is -4.25. The molecule has 0 aliphatic rings. The molecule has 41 heavy (non-hydrogen) atoms. The lowest BCUT2D eigenvalue weighted by Gasteiger charge is -2.24. The molecular weight excluding hydrogens is 547 g/mol. The van der Waals surface area contributed by atoms with Crippen LogP contribution in [0.3, 0.4) is 0 Å². The van der Waals surface area contributed by atoms with Crippen LogP contribution in [0, 0.1) is 11.7 Å². The van der Waals surface area contributed by atoms with Crippen molar-refractivity contribution in [2.75, 3.05) is 5.32 Å². The summed E-state index contributed by atoms with van der Waals surface area (Å²) in [6.45, 7) is 8.96. The van der Waals surface area contributed by atoms with Crippen LogP contribution in [0.1, 0.15) is 41.0 Å². The minimum Gasteiger partial charge on any atom is -0.444 e. The van der Waals surface area contributed by atoms with Gasteiger partial charge < -0.3 is 15.4 Å². The lowest BCUT2D eigenvalue weighted by atomic mass is 10.0. The summed E-state index contributed by atoms with van der Waals surface area (Å²) in [7, 11) is -3.89. The molecule has 11 heteroatoms. The smallest absolute Gasteiger partial charge is 0.408 e. The third-order valence-corrected chi connectivity index (χ3v) is 7.79. The molecule has 0 aliphatic carbocycles. The van der Waals surface area contributed by atoms with Crippen LogP contribution in [-0.4, -0.2) is 41.0 Å². The van der Waals surface area contributed by atoms with Crippen LogP contribution in [0.5, 0.6) is 0 Å². The monoisotopic (exact) mass is 580 g/mol. The number of nitrogens with zero attached hydrogens (tertiary/aromatic N) is 2. The fraction of sp³-hybridized carbons (Fsp3) is 0.300. The number of aromatic nitrogens is 2. The maximum atomic E-state index is 15.3. The Morgan fingerprint density at radius 1 is 1.05 bits per heavy atom. The quantitative estimate of drug-likeness (QED) is 0.266. The zero-order chi connectivity index (χ0) is 29.9. The van der Waals surface area contributed by atoms with E-state index in [0.717, 1.165) is 3.97 Å². The fourth-order valence-corrected chi connectivity index (χ4v) is 5.65. The number of alkyl carbamates (subject to hydrolysis) is 1. The molecular formula is C30H33FN4O5S. The van der Waals surface area contributed by atoms with Gasteiger partial charge in [-0.2, -0.15) is 0 Å². The van der Waals surface area contributed by atoms with Crippen molar-refractivity contribution in [3.8, 4) is 11.1 Å². The predicted octanol–water partition coefficient (Wildman–Crippen LogP) is 5.96. The van der Waals surface area contributed by atoms with E-state index in [4.69, 9.17) is 4.74 Å². The number of hydrogen-bond donors (Lipinski definition) is 2. The average Bonchev–Trinajstić information content (AvgIpc) is 3.34. The highest BCUT2D eigenvalue weighted by Gasteiger charge is 2.26. The second kappa shape index (κ2) is 11.7. The van der Waals surface area contributed by atoms with E-state index in [1.54, 1.807) is 57.2 Å². The second-order valence-electron chi connectivity index (χ2n) is 11.0. The highest BCUT2D eigenvalue weighted by molar-refractivity contribution is 7.90. The number of amides is 2. The normalized spacial score (nSPS) is 12.8. The number of nitrogens with one attached hydrogen (secondary N) is 2. The molecule has 2 aromatic heterocycles. The molecule has 2 amide bonds. The van der Waals surface area contributed by atoms with Crippen LogP contribution in [0.15, 0.2) is 78.0 Å². The van der Waals surface area contributed by atoms with Gasteiger partial charge in [0.05, 0.1) is 10.6 Å². The Morgan fingerprint density at radius 3 is 2.39 bits per heavy atom. The van der Waals surface area contributed by atoms with Gasteiger partial charge in [0.25, 0.3) is 10.0 Å². The zero-order valence-electron chi connectivity index (χ0n) is 23.5. The van der Waals surface area contributed by atoms with Gasteiger partial charge in [-0.05, 0) is 80.6 Å². The van der Waals surface area contributed by atoms with E-state index in [9.17, 15) is 18.0 Å². The molecule has 0 fully saturated rings. The number of ether oxygens (including phenoxy) is 1. The third kappa shape index (κ3) is 6.91. The summed E-state index contributed by atoms with van der Waals surface area (Å²) in [4.78, 5) is 29.7. The average molecular weight is 581 g/mol. The van der Waals surface area contributed by atoms with Gasteiger partial charge in [0.15, 0.2) is 5.65 Å². The van der Waals surface area contributed by atoms with Crippen LogP contribution in [0.2, 0.25) is 0 Å². The van der Waals surface area contributed by atoms with Gasteiger partial charge >= 0.3 is 6.09 Å². The Labute approximate surface area is 238 Å². The van der Waals surface area contributed by atoms with Gasteiger partial charge in [-0.15, -0.1) is 0 Å². The van der Waals surface area contributed by atoms with Crippen LogP contribution >= 0.6 is 0 Å². The molecule has 9 nitrogen and oxygen atoms in total. The molecule has 216 valence electrons. The summed E-state index contributed by atoms with van der Waals surface area (Å²) in [5.41, 5.74) is 0.434. The summed E-state index contributed by atoms with van der Waals surface area (Å²) in [5, 5.41) is 5.65. The van der Waals surface area contributed by atoms with E-state index >= 15 is 4.39 Å². The molecule has 0 radical (unpaired) electrons. The molecule has 2 aromatic carbocycles. The Balaban J connectivity index is 1.59. The van der Waals surface area contributed by atoms with Gasteiger partial charge in [-0.25, -0.2) is 26.6 Å². The van der Waals surface area contributed by atoms with Crippen molar-refractivity contribution in [3.05, 3.63) is 78.9 Å². The summed E-state index contributed by atoms with van der Waals surface area (Å²) in [6.07, 6.45) is 2.46. The first kappa shape index (κ1) is 29.7. The van der Waals surface area contributed by atoms with E-state index in [1.807, 2.05) is 13.8 Å². The molecule has 2 heterocycles. The van der Waals surface area contributed by atoms with Gasteiger partial charge in [0.1, 0.15) is 17.5 Å². The molecule has 4 rings (SSSR count). The largest absolute Gasteiger partial charge is 0.444 e. The Bertz CT molecular complexity index is 1680. The van der Waals surface area contributed by atoms with E-state index in [0.29, 0.717) is 22.9 Å². The van der Waals surface area contributed by atoms with E-state index in [-0.39, 0.29) is 22.1 Å². The van der Waals surface area contributed by atoms with Crippen molar-refractivity contribution in [1.82, 2.24) is 14.3 Å². The van der Waals surface area contributed by atoms with Crippen molar-refractivity contribution in [1.29, 1.82) is 0 Å². The third-order valence-electron chi connectivity index (χ3n) is 6.11. The fourth-order valence-electron chi connectivity index (χ4n) is 4.32. The SMILES string of the molecule is CC(C)C[C@@H](NC(=O)OC(C)(C)C)C(=O)Nc1ccc(-c2ccnc3c2ccn3S(=O)(=O)c2ccccc2)cc1F. The summed E-state index contributed by atoms with van der Waals surface area (Å²) >= 11 is 0. The number of carbonyl (C=O) groups excluding carboxylic acids is 2. The Kier molecular flexibility index (Phi) is 8.48. The first-order valence-corrected chi connectivity index (χ1v) is 14.6. The predicted molar refractivity (Wildman–Crippen MR) is 155 cm³/mol. The molecule has 2 N–H and O–H groups in total. The van der Waals surface area contributed by atoms with Gasteiger partial charge in [0.2, 0.25) is 5.91 Å². The number of carbonyl (C=O) groups is 2. The summed E-state index contributed by atoms with van der Waals surface area (Å²) in [5.74, 6) is -1.21. The van der Waals surface area contributed by atoms with Crippen LogP contribution in [0.25, 0.3) is 22.2 Å². The summed E-state index contributed by atoms with van der Waals surface area (Å²) < 4.78 is 48.1. The van der Waals surface area contributed by atoms with Crippen molar-refractivity contribution in [2.45, 2.75) is 57.6 Å². The molecule has 0 bridgehead atoms. The molecule has 0 spiro atoms. The topological polar surface area (TPSA) is 119 Å². The standard InChI is InChI=1S/C30H33FN4O5S/c1-19(2)17-26(34-29(37)40-30(3,4)5)28(36)33-25-12-11-20(18-24(25)31)22-13-15-32-27-23(22)14-16-35(27)41(38,39)21-9-7-6-8-10-21/h6-16,18-19,26H,17H2,1-5H3,(H,33,36)(H,34,37)/t26-/m1/s1. The van der Waals surface area contributed by atoms with Crippen LogP contribution < -0.4 is 10.6 Å². The molecule has 0 unspecified atom stereocenters. The van der Waals surface area contributed by atoms with E-state index in [2.05, 4.69) is 15.6 Å². The number of halogens is 1. The van der Waals surface area contributed by atoms with E-state index in [1.165, 1.54) is 36.7 Å². The number of pyridine rings is 1. The number of benzene rings is 2. The Morgan fingerprint density at radius 2 is 1.76 bits per heavy atom. The number of anilines is 1. The highest BCUT2D eigenvalue weighted by atomic mass is 32.2. The summed E-state index contributed by atoms with van der Waals surface area (Å²) in [6, 6.07) is 14.7. The van der Waals surface area contributed by atoms with Gasteiger partial charge in [0, 0.05) is 17.8 Å². The zero-order valence-corrected chi connectivity index (χ0v) is 24.3. The molecule has 0 aliphatic heterocycles. The minimum atomic E-state index is -3.89. The maximum Gasteiger partial charge on any atom is 0.408 e. The van der Waals surface area contributed by atoms with Crippen molar-refractivity contribution >= 4 is 38.7 Å². The highest BCUT2D eigenvalue weighted by Crippen LogP contribution is 2.32. The second-order valence-corrected chi connectivity index (χ2v) is 12.9. The lowest BCUT2D eigenvalue weighted by Crippen LogP contribution is -2.46. The minimum absolute atomic E-state index is 0.0620. The molecule has 0 saturated heterocycles. The number of fused-ring (bicyclic) bond motifs is 1. The van der Waals surface area contributed by atoms with Crippen molar-refractivity contribution in [3.63, 3.8) is 0 Å². The van der Waals surface area contributed by atoms with Crippen LogP contribution in [-0.2, 0) is 19.6 Å². The van der Waals surface area contributed by atoms with Crippen molar-refractivity contribution < 1.29 is 27.1 Å². The number of hydrogen-bond acceptors (Lipinski definition) is 6.